The molecule has 6 rings (SSSR count). The summed E-state index contributed by atoms with van der Waals surface area (Å²) >= 11 is 0. The largest absolute Gasteiger partial charge is 0.439 e. The van der Waals surface area contributed by atoms with Crippen molar-refractivity contribution in [3.63, 3.8) is 0 Å². The molecule has 0 radical (unpaired) electrons. The van der Waals surface area contributed by atoms with E-state index in [2.05, 4.69) is 34.2 Å². The number of fused-ring (bicyclic) bond motifs is 3. The van der Waals surface area contributed by atoms with Crippen molar-refractivity contribution in [2.75, 3.05) is 0 Å². The quantitative estimate of drug-likeness (QED) is 0.287. The average molecular weight is 475 g/mol. The minimum atomic E-state index is -3.11. The van der Waals surface area contributed by atoms with Crippen LogP contribution in [0.3, 0.4) is 0 Å². The molecule has 1 aliphatic heterocycles. The zero-order valence-corrected chi connectivity index (χ0v) is 20.4. The third kappa shape index (κ3) is 3.58. The van der Waals surface area contributed by atoms with Crippen LogP contribution in [0.5, 0.6) is 11.6 Å². The highest BCUT2D eigenvalue weighted by molar-refractivity contribution is 7.86. The Balaban J connectivity index is 1.47. The van der Waals surface area contributed by atoms with Gasteiger partial charge in [-0.05, 0) is 77.6 Å². The van der Waals surface area contributed by atoms with Crippen LogP contribution in [-0.4, -0.2) is 9.97 Å². The van der Waals surface area contributed by atoms with Crippen LogP contribution in [0.1, 0.15) is 11.1 Å². The summed E-state index contributed by atoms with van der Waals surface area (Å²) in [6, 6.07) is 29.8. The van der Waals surface area contributed by atoms with Crippen molar-refractivity contribution in [2.45, 2.75) is 13.8 Å². The fourth-order valence-corrected chi connectivity index (χ4v) is 7.97. The molecule has 5 heteroatoms. The van der Waals surface area contributed by atoms with Crippen molar-refractivity contribution in [1.82, 2.24) is 9.97 Å². The molecule has 0 N–H and O–H groups in total. The van der Waals surface area contributed by atoms with Gasteiger partial charge in [0.2, 0.25) is 5.88 Å². The average Bonchev–Trinajstić information content (AvgIpc) is 3.13. The first-order valence-corrected chi connectivity index (χ1v) is 13.2. The second kappa shape index (κ2) is 8.33. The molecule has 0 saturated carbocycles. The van der Waals surface area contributed by atoms with Crippen LogP contribution in [0.2, 0.25) is 0 Å². The van der Waals surface area contributed by atoms with Crippen molar-refractivity contribution >= 4 is 23.2 Å². The molecule has 35 heavy (non-hydrogen) atoms. The van der Waals surface area contributed by atoms with Crippen LogP contribution in [0, 0.1) is 13.8 Å². The van der Waals surface area contributed by atoms with Crippen LogP contribution in [0.15, 0.2) is 103 Å². The van der Waals surface area contributed by atoms with E-state index in [0.29, 0.717) is 17.1 Å². The summed E-state index contributed by atoms with van der Waals surface area (Å²) in [5.41, 5.74) is 6.67. The molecule has 0 aliphatic carbocycles. The zero-order chi connectivity index (χ0) is 24.0. The number of pyridine rings is 2. The van der Waals surface area contributed by atoms with Gasteiger partial charge < -0.3 is 9.30 Å². The Morgan fingerprint density at radius 3 is 2.37 bits per heavy atom. The Morgan fingerprint density at radius 1 is 0.686 bits per heavy atom. The van der Waals surface area contributed by atoms with Gasteiger partial charge in [0.1, 0.15) is 11.2 Å². The van der Waals surface area contributed by atoms with E-state index in [1.165, 1.54) is 0 Å². The molecule has 0 fully saturated rings. The molecular formula is C30H23N2O2P. The van der Waals surface area contributed by atoms with Crippen molar-refractivity contribution in [3.05, 3.63) is 115 Å². The number of nitrogens with zero attached hydrogens (tertiary/aromatic N) is 2. The van der Waals surface area contributed by atoms with Crippen molar-refractivity contribution in [2.24, 2.45) is 0 Å². The van der Waals surface area contributed by atoms with Gasteiger partial charge >= 0.3 is 0 Å². The molecule has 0 bridgehead atoms. The normalized spacial score (nSPS) is 15.9. The van der Waals surface area contributed by atoms with Crippen molar-refractivity contribution < 1.29 is 9.30 Å². The monoisotopic (exact) mass is 474 g/mol. The Morgan fingerprint density at radius 2 is 1.51 bits per heavy atom. The SMILES string of the molecule is Cc1ccnc(Oc2cccc(-c3ccc4c(c3)P(=O)(c3ncccc3C)c3ccccc3-4)c2)c1. The second-order valence-corrected chi connectivity index (χ2v) is 11.4. The first-order chi connectivity index (χ1) is 17.0. The molecule has 3 aromatic carbocycles. The molecule has 5 aromatic rings. The summed E-state index contributed by atoms with van der Waals surface area (Å²) in [7, 11) is -3.11. The van der Waals surface area contributed by atoms with E-state index in [9.17, 15) is 4.57 Å². The molecule has 1 unspecified atom stereocenters. The van der Waals surface area contributed by atoms with E-state index in [-0.39, 0.29) is 0 Å². The van der Waals surface area contributed by atoms with Gasteiger partial charge in [0.25, 0.3) is 0 Å². The Hall–Kier alpha value is -4.01. The van der Waals surface area contributed by atoms with Gasteiger partial charge in [-0.15, -0.1) is 0 Å². The van der Waals surface area contributed by atoms with Gasteiger partial charge in [-0.3, -0.25) is 4.98 Å². The van der Waals surface area contributed by atoms with Gasteiger partial charge in [-0.25, -0.2) is 4.98 Å². The second-order valence-electron chi connectivity index (χ2n) is 8.80. The number of aryl methyl sites for hydroxylation is 2. The number of ether oxygens (including phenoxy) is 1. The Labute approximate surface area is 204 Å². The minimum absolute atomic E-state index is 0.557. The first kappa shape index (κ1) is 21.5. The predicted molar refractivity (Wildman–Crippen MR) is 142 cm³/mol. The maximum Gasteiger partial charge on any atom is 0.219 e. The summed E-state index contributed by atoms with van der Waals surface area (Å²) in [5.74, 6) is 1.26. The molecule has 4 nitrogen and oxygen atoms in total. The van der Waals surface area contributed by atoms with E-state index < -0.39 is 7.14 Å². The third-order valence-corrected chi connectivity index (χ3v) is 9.61. The molecule has 2 aromatic heterocycles. The van der Waals surface area contributed by atoms with Crippen LogP contribution >= 0.6 is 7.14 Å². The number of aromatic nitrogens is 2. The van der Waals surface area contributed by atoms with Crippen LogP contribution in [0.25, 0.3) is 22.3 Å². The standard InChI is InChI=1S/C30H23N2O2P/c1-20-14-16-31-29(17-20)34-24-9-5-8-22(18-24)23-12-13-26-25-10-3-4-11-27(25)35(33,28(26)19-23)30-21(2)7-6-15-32-30/h3-19H,1-2H3. The molecule has 0 amide bonds. The molecule has 1 aliphatic rings. The summed E-state index contributed by atoms with van der Waals surface area (Å²) in [6.45, 7) is 3.99. The van der Waals surface area contributed by atoms with Gasteiger partial charge in [0.15, 0.2) is 7.14 Å². The lowest BCUT2D eigenvalue weighted by atomic mass is 10.0. The van der Waals surface area contributed by atoms with E-state index >= 15 is 0 Å². The number of benzene rings is 3. The number of hydrogen-bond acceptors (Lipinski definition) is 4. The lowest BCUT2D eigenvalue weighted by Crippen LogP contribution is -2.25. The van der Waals surface area contributed by atoms with Crippen LogP contribution in [0.4, 0.5) is 0 Å². The smallest absolute Gasteiger partial charge is 0.219 e. The van der Waals surface area contributed by atoms with Gasteiger partial charge in [0.05, 0.1) is 0 Å². The van der Waals surface area contributed by atoms with Crippen LogP contribution in [-0.2, 0) is 4.57 Å². The Bertz CT molecular complexity index is 1640. The molecule has 1 atom stereocenters. The molecule has 3 heterocycles. The maximum absolute atomic E-state index is 14.9. The lowest BCUT2D eigenvalue weighted by Gasteiger charge is -2.17. The highest BCUT2D eigenvalue weighted by atomic mass is 31.2. The summed E-state index contributed by atoms with van der Waals surface area (Å²) in [5, 5.41) is 1.70. The minimum Gasteiger partial charge on any atom is -0.439 e. The van der Waals surface area contributed by atoms with Crippen LogP contribution < -0.4 is 20.8 Å². The van der Waals surface area contributed by atoms with Gasteiger partial charge in [-0.2, -0.15) is 0 Å². The van der Waals surface area contributed by atoms with Crippen molar-refractivity contribution in [1.29, 1.82) is 0 Å². The summed E-state index contributed by atoms with van der Waals surface area (Å²) < 4.78 is 20.9. The van der Waals surface area contributed by atoms with E-state index in [4.69, 9.17) is 4.74 Å². The topological polar surface area (TPSA) is 52.1 Å². The number of hydrogen-bond donors (Lipinski definition) is 0. The highest BCUT2D eigenvalue weighted by Crippen LogP contribution is 2.52. The van der Waals surface area contributed by atoms with Crippen molar-refractivity contribution in [3.8, 4) is 33.9 Å². The van der Waals surface area contributed by atoms with Gasteiger partial charge in [0, 0.05) is 29.1 Å². The predicted octanol–water partition coefficient (Wildman–Crippen LogP) is 6.17. The van der Waals surface area contributed by atoms with Gasteiger partial charge in [-0.1, -0.05) is 54.6 Å². The number of rotatable bonds is 4. The molecule has 0 spiro atoms. The molecule has 0 saturated heterocycles. The molecule has 170 valence electrons. The maximum atomic E-state index is 14.9. The van der Waals surface area contributed by atoms with E-state index in [1.54, 1.807) is 12.4 Å². The Kier molecular flexibility index (Phi) is 5.12. The third-order valence-electron chi connectivity index (χ3n) is 6.43. The molecular weight excluding hydrogens is 451 g/mol. The lowest BCUT2D eigenvalue weighted by molar-refractivity contribution is 0.462. The highest BCUT2D eigenvalue weighted by Gasteiger charge is 2.42. The summed E-state index contributed by atoms with van der Waals surface area (Å²) in [6.07, 6.45) is 3.47. The van der Waals surface area contributed by atoms with E-state index in [0.717, 1.165) is 44.0 Å². The fraction of sp³-hybridized carbons (Fsp3) is 0.0667. The fourth-order valence-electron chi connectivity index (χ4n) is 4.76. The summed E-state index contributed by atoms with van der Waals surface area (Å²) in [4.78, 5) is 8.91. The zero-order valence-electron chi connectivity index (χ0n) is 19.5. The van der Waals surface area contributed by atoms with E-state index in [1.807, 2.05) is 80.6 Å². The first-order valence-electron chi connectivity index (χ1n) is 11.5.